The van der Waals surface area contributed by atoms with Crippen LogP contribution < -0.4 is 0 Å². The summed E-state index contributed by atoms with van der Waals surface area (Å²) in [7, 11) is 0. The molecule has 1 aliphatic heterocycles. The van der Waals surface area contributed by atoms with Crippen LogP contribution >= 0.6 is 0 Å². The minimum absolute atomic E-state index is 0.000616. The van der Waals surface area contributed by atoms with Gasteiger partial charge in [-0.2, -0.15) is 13.2 Å². The van der Waals surface area contributed by atoms with E-state index in [0.29, 0.717) is 5.56 Å². The van der Waals surface area contributed by atoms with E-state index in [9.17, 15) is 32.3 Å². The average Bonchev–Trinajstić information content (AvgIpc) is 3.43. The van der Waals surface area contributed by atoms with Crippen LogP contribution in [-0.4, -0.2) is 53.2 Å². The molecule has 2 fully saturated rings. The highest BCUT2D eigenvalue weighted by molar-refractivity contribution is 6.08. The van der Waals surface area contributed by atoms with Crippen molar-refractivity contribution in [1.82, 2.24) is 9.80 Å². The maximum atomic E-state index is 13.0. The minimum atomic E-state index is -4.50. The van der Waals surface area contributed by atoms with Crippen LogP contribution in [0.25, 0.3) is 0 Å². The fraction of sp³-hybridized carbons (Fsp3) is 0.478. The summed E-state index contributed by atoms with van der Waals surface area (Å²) in [6.45, 7) is 0.533. The second-order valence-electron chi connectivity index (χ2n) is 8.51. The van der Waals surface area contributed by atoms with Crippen LogP contribution in [-0.2, 0) is 36.6 Å². The molecule has 1 aromatic rings. The second-order valence-corrected chi connectivity index (χ2v) is 8.51. The van der Waals surface area contributed by atoms with Crippen molar-refractivity contribution in [3.63, 3.8) is 0 Å². The Morgan fingerprint density at radius 2 is 1.64 bits per heavy atom. The van der Waals surface area contributed by atoms with E-state index in [0.717, 1.165) is 28.4 Å². The first-order valence-corrected chi connectivity index (χ1v) is 10.7. The van der Waals surface area contributed by atoms with E-state index in [-0.39, 0.29) is 36.8 Å². The molecule has 3 aliphatic rings. The zero-order chi connectivity index (χ0) is 23.9. The van der Waals surface area contributed by atoms with E-state index in [1.807, 2.05) is 12.2 Å². The number of fused-ring (bicyclic) bond motifs is 5. The summed E-state index contributed by atoms with van der Waals surface area (Å²) in [5, 5.41) is 0. The van der Waals surface area contributed by atoms with Crippen LogP contribution in [0.3, 0.4) is 0 Å². The predicted molar refractivity (Wildman–Crippen MR) is 108 cm³/mol. The van der Waals surface area contributed by atoms with Gasteiger partial charge in [-0.05, 0) is 42.9 Å². The van der Waals surface area contributed by atoms with Gasteiger partial charge in [0.2, 0.25) is 17.7 Å². The van der Waals surface area contributed by atoms with Crippen molar-refractivity contribution in [3.8, 4) is 0 Å². The van der Waals surface area contributed by atoms with Crippen molar-refractivity contribution in [2.75, 3.05) is 19.7 Å². The van der Waals surface area contributed by atoms with Gasteiger partial charge in [0.05, 0.1) is 24.0 Å². The van der Waals surface area contributed by atoms with Gasteiger partial charge < -0.3 is 9.64 Å². The molecule has 2 bridgehead atoms. The molecule has 1 saturated carbocycles. The molecule has 1 heterocycles. The number of amides is 3. The molecule has 1 aromatic carbocycles. The van der Waals surface area contributed by atoms with Crippen LogP contribution in [0.4, 0.5) is 13.2 Å². The molecule has 0 N–H and O–H groups in total. The molecule has 4 rings (SSSR count). The number of hydrogen-bond acceptors (Lipinski definition) is 5. The van der Waals surface area contributed by atoms with E-state index in [4.69, 9.17) is 4.74 Å². The van der Waals surface area contributed by atoms with E-state index in [1.54, 1.807) is 6.92 Å². The number of imide groups is 1. The lowest BCUT2D eigenvalue weighted by Crippen LogP contribution is -2.45. The molecule has 33 heavy (non-hydrogen) atoms. The standard InChI is InChI=1S/C23H23F3N2O5/c1-2-33-18(30)12-27(10-13-3-7-16(8-4-13)23(24,25)26)17(29)11-28-21(31)19-14-5-6-15(9-14)20(19)22(28)32/h3-8,14-15,19-20H,2,9-12H2,1H3. The van der Waals surface area contributed by atoms with Crippen molar-refractivity contribution in [3.05, 3.63) is 47.5 Å². The Morgan fingerprint density at radius 3 is 2.15 bits per heavy atom. The van der Waals surface area contributed by atoms with Crippen molar-refractivity contribution < 1.29 is 37.1 Å². The summed E-state index contributed by atoms with van der Waals surface area (Å²) < 4.78 is 43.4. The number of esters is 1. The molecule has 2 aliphatic carbocycles. The van der Waals surface area contributed by atoms with Crippen molar-refractivity contribution in [1.29, 1.82) is 0 Å². The highest BCUT2D eigenvalue weighted by Crippen LogP contribution is 2.52. The smallest absolute Gasteiger partial charge is 0.416 e. The van der Waals surface area contributed by atoms with Gasteiger partial charge in [-0.25, -0.2) is 0 Å². The zero-order valence-electron chi connectivity index (χ0n) is 17.9. The van der Waals surface area contributed by atoms with Gasteiger partial charge >= 0.3 is 12.1 Å². The highest BCUT2D eigenvalue weighted by atomic mass is 19.4. The van der Waals surface area contributed by atoms with Crippen LogP contribution in [0, 0.1) is 23.7 Å². The lowest BCUT2D eigenvalue weighted by molar-refractivity contribution is -0.151. The highest BCUT2D eigenvalue weighted by Gasteiger charge is 2.59. The molecule has 7 nitrogen and oxygen atoms in total. The monoisotopic (exact) mass is 464 g/mol. The normalized spacial score (nSPS) is 25.5. The first kappa shape index (κ1) is 23.0. The number of likely N-dealkylation sites (tertiary alicyclic amines) is 1. The fourth-order valence-corrected chi connectivity index (χ4v) is 4.97. The SMILES string of the molecule is CCOC(=O)CN(Cc1ccc(C(F)(F)F)cc1)C(=O)CN1C(=O)C2C3C=CC(C3)C2C1=O. The number of rotatable bonds is 7. The molecular weight excluding hydrogens is 441 g/mol. The lowest BCUT2D eigenvalue weighted by atomic mass is 9.85. The van der Waals surface area contributed by atoms with E-state index in [2.05, 4.69) is 0 Å². The number of nitrogens with zero attached hydrogens (tertiary/aromatic N) is 2. The van der Waals surface area contributed by atoms with Gasteiger partial charge in [0.1, 0.15) is 13.1 Å². The molecule has 0 aromatic heterocycles. The minimum Gasteiger partial charge on any atom is -0.465 e. The van der Waals surface area contributed by atoms with E-state index >= 15 is 0 Å². The number of hydrogen-bond donors (Lipinski definition) is 0. The van der Waals surface area contributed by atoms with Crippen LogP contribution in [0.2, 0.25) is 0 Å². The van der Waals surface area contributed by atoms with Crippen molar-refractivity contribution in [2.45, 2.75) is 26.1 Å². The van der Waals surface area contributed by atoms with E-state index in [1.165, 1.54) is 12.1 Å². The Kier molecular flexibility index (Phi) is 6.02. The zero-order valence-corrected chi connectivity index (χ0v) is 17.9. The third-order valence-electron chi connectivity index (χ3n) is 6.49. The lowest BCUT2D eigenvalue weighted by Gasteiger charge is -2.25. The number of allylic oxidation sites excluding steroid dienone is 2. The molecule has 3 amide bonds. The fourth-order valence-electron chi connectivity index (χ4n) is 4.97. The van der Waals surface area contributed by atoms with Crippen LogP contribution in [0.1, 0.15) is 24.5 Å². The summed E-state index contributed by atoms with van der Waals surface area (Å²) >= 11 is 0. The largest absolute Gasteiger partial charge is 0.465 e. The Hall–Kier alpha value is -3.17. The number of benzene rings is 1. The molecule has 0 radical (unpaired) electrons. The number of ether oxygens (including phenoxy) is 1. The molecule has 1 saturated heterocycles. The summed E-state index contributed by atoms with van der Waals surface area (Å²) in [6.07, 6.45) is 0.152. The van der Waals surface area contributed by atoms with Gasteiger partial charge in [0, 0.05) is 6.54 Å². The quantitative estimate of drug-likeness (QED) is 0.352. The second kappa shape index (κ2) is 8.64. The summed E-state index contributed by atoms with van der Waals surface area (Å²) in [4.78, 5) is 52.8. The molecule has 10 heteroatoms. The molecular formula is C23H23F3N2O5. The molecule has 4 unspecified atom stereocenters. The number of carbonyl (C=O) groups is 4. The first-order chi connectivity index (χ1) is 15.6. The summed E-state index contributed by atoms with van der Waals surface area (Å²) in [5.74, 6) is -3.04. The number of halogens is 3. The maximum Gasteiger partial charge on any atom is 0.416 e. The average molecular weight is 464 g/mol. The number of carbonyl (C=O) groups excluding carboxylic acids is 4. The van der Waals surface area contributed by atoms with E-state index < -0.39 is 48.5 Å². The predicted octanol–water partition coefficient (Wildman–Crippen LogP) is 2.40. The Morgan fingerprint density at radius 1 is 1.06 bits per heavy atom. The Balaban J connectivity index is 1.48. The van der Waals surface area contributed by atoms with Gasteiger partial charge in [0.15, 0.2) is 0 Å². The third kappa shape index (κ3) is 4.38. The third-order valence-corrected chi connectivity index (χ3v) is 6.49. The Labute approximate surface area is 188 Å². The van der Waals surface area contributed by atoms with Crippen LogP contribution in [0.5, 0.6) is 0 Å². The van der Waals surface area contributed by atoms with Gasteiger partial charge in [-0.3, -0.25) is 24.1 Å². The molecule has 0 spiro atoms. The Bertz CT molecular complexity index is 974. The van der Waals surface area contributed by atoms with Crippen molar-refractivity contribution in [2.24, 2.45) is 23.7 Å². The van der Waals surface area contributed by atoms with Gasteiger partial charge in [-0.15, -0.1) is 0 Å². The molecule has 176 valence electrons. The molecule has 4 atom stereocenters. The maximum absolute atomic E-state index is 13.0. The van der Waals surface area contributed by atoms with Gasteiger partial charge in [-0.1, -0.05) is 24.3 Å². The summed E-state index contributed by atoms with van der Waals surface area (Å²) in [6, 6.07) is 4.21. The van der Waals surface area contributed by atoms with Crippen molar-refractivity contribution >= 4 is 23.7 Å². The van der Waals surface area contributed by atoms with Gasteiger partial charge in [0.25, 0.3) is 0 Å². The number of alkyl halides is 3. The topological polar surface area (TPSA) is 84.0 Å². The first-order valence-electron chi connectivity index (χ1n) is 10.7. The summed E-state index contributed by atoms with van der Waals surface area (Å²) in [5.41, 5.74) is -0.476. The van der Waals surface area contributed by atoms with Crippen LogP contribution in [0.15, 0.2) is 36.4 Å².